The van der Waals surface area contributed by atoms with Crippen molar-refractivity contribution in [3.8, 4) is 5.75 Å². The molecule has 2 aromatic carbocycles. The second-order valence-electron chi connectivity index (χ2n) is 8.40. The molecule has 0 saturated carbocycles. The van der Waals surface area contributed by atoms with Crippen LogP contribution in [0, 0.1) is 13.8 Å². The monoisotopic (exact) mass is 445 g/mol. The van der Waals surface area contributed by atoms with Gasteiger partial charge in [0.1, 0.15) is 11.6 Å². The number of ether oxygens (including phenoxy) is 1. The molecule has 1 saturated heterocycles. The van der Waals surface area contributed by atoms with Gasteiger partial charge >= 0.3 is 0 Å². The second-order valence-corrected chi connectivity index (χ2v) is 8.40. The molecule has 7 heteroatoms. The number of carbonyl (C=O) groups is 1. The lowest BCUT2D eigenvalue weighted by Gasteiger charge is -2.35. The first kappa shape index (κ1) is 22.6. The van der Waals surface area contributed by atoms with Crippen molar-refractivity contribution >= 4 is 23.4 Å². The van der Waals surface area contributed by atoms with Crippen molar-refractivity contribution in [3.63, 3.8) is 0 Å². The maximum Gasteiger partial charge on any atom is 0.227 e. The molecule has 1 aromatic heterocycles. The molecule has 1 fully saturated rings. The van der Waals surface area contributed by atoms with Crippen LogP contribution in [0.1, 0.15) is 23.2 Å². The molecule has 1 amide bonds. The van der Waals surface area contributed by atoms with Gasteiger partial charge in [-0.25, -0.2) is 4.98 Å². The van der Waals surface area contributed by atoms with Crippen molar-refractivity contribution in [2.24, 2.45) is 0 Å². The first-order valence-corrected chi connectivity index (χ1v) is 11.4. The first-order chi connectivity index (χ1) is 16.0. The van der Waals surface area contributed by atoms with Gasteiger partial charge in [0.05, 0.1) is 7.11 Å². The highest BCUT2D eigenvalue weighted by molar-refractivity contribution is 5.76. The number of hydrogen-bond donors (Lipinski definition) is 1. The molecule has 2 heterocycles. The molecule has 7 nitrogen and oxygen atoms in total. The summed E-state index contributed by atoms with van der Waals surface area (Å²) in [5.41, 5.74) is 4.27. The standard InChI is InChI=1S/C26H31N5O2/c1-19-4-9-22(10-5-19)28-24-18-20(2)27-26(29-24)31-16-14-30(15-17-31)25(32)13-8-21-6-11-23(33-3)12-7-21/h4-7,9-12,18H,8,13-17H2,1-3H3,(H,27,28,29). The summed E-state index contributed by atoms with van der Waals surface area (Å²) in [5.74, 6) is 2.50. The summed E-state index contributed by atoms with van der Waals surface area (Å²) in [7, 11) is 1.65. The van der Waals surface area contributed by atoms with Gasteiger partial charge in [-0.1, -0.05) is 29.8 Å². The van der Waals surface area contributed by atoms with Crippen LogP contribution in [0.4, 0.5) is 17.5 Å². The number of piperazine rings is 1. The van der Waals surface area contributed by atoms with E-state index in [9.17, 15) is 4.79 Å². The number of carbonyl (C=O) groups excluding carboxylic acids is 1. The lowest BCUT2D eigenvalue weighted by atomic mass is 10.1. The van der Waals surface area contributed by atoms with E-state index in [1.54, 1.807) is 7.11 Å². The van der Waals surface area contributed by atoms with Gasteiger partial charge in [-0.3, -0.25) is 4.79 Å². The van der Waals surface area contributed by atoms with Crippen LogP contribution in [-0.4, -0.2) is 54.1 Å². The number of rotatable bonds is 7. The Balaban J connectivity index is 1.31. The maximum absolute atomic E-state index is 12.7. The van der Waals surface area contributed by atoms with E-state index in [-0.39, 0.29) is 5.91 Å². The summed E-state index contributed by atoms with van der Waals surface area (Å²) in [6.45, 7) is 6.85. The van der Waals surface area contributed by atoms with Crippen molar-refractivity contribution in [1.29, 1.82) is 0 Å². The number of nitrogens with one attached hydrogen (secondary N) is 1. The van der Waals surface area contributed by atoms with E-state index in [0.717, 1.165) is 48.0 Å². The lowest BCUT2D eigenvalue weighted by Crippen LogP contribution is -2.49. The lowest BCUT2D eigenvalue weighted by molar-refractivity contribution is -0.131. The molecule has 33 heavy (non-hydrogen) atoms. The Hall–Kier alpha value is -3.61. The molecule has 1 N–H and O–H groups in total. The van der Waals surface area contributed by atoms with Crippen LogP contribution < -0.4 is 15.0 Å². The fourth-order valence-corrected chi connectivity index (χ4v) is 3.90. The van der Waals surface area contributed by atoms with E-state index in [1.807, 2.05) is 54.3 Å². The van der Waals surface area contributed by atoms with Crippen molar-refractivity contribution < 1.29 is 9.53 Å². The van der Waals surface area contributed by atoms with Crippen LogP contribution in [0.2, 0.25) is 0 Å². The third-order valence-electron chi connectivity index (χ3n) is 5.87. The van der Waals surface area contributed by atoms with E-state index < -0.39 is 0 Å². The van der Waals surface area contributed by atoms with Crippen LogP contribution in [0.3, 0.4) is 0 Å². The Morgan fingerprint density at radius 1 is 0.970 bits per heavy atom. The Labute approximate surface area is 195 Å². The summed E-state index contributed by atoms with van der Waals surface area (Å²) in [5, 5.41) is 3.37. The van der Waals surface area contributed by atoms with Crippen molar-refractivity contribution in [3.05, 3.63) is 71.4 Å². The number of amides is 1. The molecular weight excluding hydrogens is 414 g/mol. The Morgan fingerprint density at radius 3 is 2.33 bits per heavy atom. The molecule has 0 unspecified atom stereocenters. The number of anilines is 3. The predicted octanol–water partition coefficient (Wildman–Crippen LogP) is 4.13. The largest absolute Gasteiger partial charge is 0.497 e. The minimum absolute atomic E-state index is 0.192. The molecular formula is C26H31N5O2. The number of aryl methyl sites for hydroxylation is 3. The fraction of sp³-hybridized carbons (Fsp3) is 0.346. The van der Waals surface area contributed by atoms with Gasteiger partial charge in [0, 0.05) is 50.0 Å². The van der Waals surface area contributed by atoms with Crippen LogP contribution in [0.25, 0.3) is 0 Å². The Morgan fingerprint density at radius 2 is 1.67 bits per heavy atom. The summed E-state index contributed by atoms with van der Waals surface area (Å²) < 4.78 is 5.19. The predicted molar refractivity (Wildman–Crippen MR) is 131 cm³/mol. The van der Waals surface area contributed by atoms with Gasteiger partial charge in [0.2, 0.25) is 11.9 Å². The van der Waals surface area contributed by atoms with E-state index in [0.29, 0.717) is 25.5 Å². The number of nitrogens with zero attached hydrogens (tertiary/aromatic N) is 4. The zero-order valence-corrected chi connectivity index (χ0v) is 19.5. The minimum atomic E-state index is 0.192. The highest BCUT2D eigenvalue weighted by atomic mass is 16.5. The average molecular weight is 446 g/mol. The fourth-order valence-electron chi connectivity index (χ4n) is 3.90. The topological polar surface area (TPSA) is 70.6 Å². The molecule has 0 aliphatic carbocycles. The smallest absolute Gasteiger partial charge is 0.227 e. The average Bonchev–Trinajstić information content (AvgIpc) is 2.84. The molecule has 0 spiro atoms. The Kier molecular flexibility index (Phi) is 7.07. The third kappa shape index (κ3) is 6.00. The number of methoxy groups -OCH3 is 1. The molecule has 0 radical (unpaired) electrons. The zero-order valence-electron chi connectivity index (χ0n) is 19.5. The molecule has 1 aliphatic heterocycles. The van der Waals surface area contributed by atoms with Crippen molar-refractivity contribution in [2.75, 3.05) is 43.5 Å². The van der Waals surface area contributed by atoms with Crippen molar-refractivity contribution in [2.45, 2.75) is 26.7 Å². The number of aromatic nitrogens is 2. The molecule has 4 rings (SSSR count). The Bertz CT molecular complexity index is 1070. The third-order valence-corrected chi connectivity index (χ3v) is 5.87. The summed E-state index contributed by atoms with van der Waals surface area (Å²) in [4.78, 5) is 26.2. The molecule has 0 atom stereocenters. The van der Waals surface area contributed by atoms with Crippen molar-refractivity contribution in [1.82, 2.24) is 14.9 Å². The van der Waals surface area contributed by atoms with Crippen LogP contribution in [-0.2, 0) is 11.2 Å². The minimum Gasteiger partial charge on any atom is -0.497 e. The normalized spacial score (nSPS) is 13.7. The first-order valence-electron chi connectivity index (χ1n) is 11.4. The second kappa shape index (κ2) is 10.3. The summed E-state index contributed by atoms with van der Waals surface area (Å²) in [6, 6.07) is 18.1. The van der Waals surface area contributed by atoms with E-state index >= 15 is 0 Å². The quantitative estimate of drug-likeness (QED) is 0.590. The molecule has 0 bridgehead atoms. The van der Waals surface area contributed by atoms with Crippen LogP contribution in [0.5, 0.6) is 5.75 Å². The van der Waals surface area contributed by atoms with Gasteiger partial charge in [0.15, 0.2) is 0 Å². The zero-order chi connectivity index (χ0) is 23.2. The van der Waals surface area contributed by atoms with Gasteiger partial charge in [0.25, 0.3) is 0 Å². The summed E-state index contributed by atoms with van der Waals surface area (Å²) >= 11 is 0. The molecule has 172 valence electrons. The maximum atomic E-state index is 12.7. The van der Waals surface area contributed by atoms with Crippen LogP contribution in [0.15, 0.2) is 54.6 Å². The summed E-state index contributed by atoms with van der Waals surface area (Å²) in [6.07, 6.45) is 1.25. The van der Waals surface area contributed by atoms with Gasteiger partial charge in [-0.2, -0.15) is 4.98 Å². The van der Waals surface area contributed by atoms with Gasteiger partial charge in [-0.15, -0.1) is 0 Å². The molecule has 3 aromatic rings. The van der Waals surface area contributed by atoms with Gasteiger partial charge < -0.3 is 19.9 Å². The molecule has 1 aliphatic rings. The number of hydrogen-bond acceptors (Lipinski definition) is 6. The highest BCUT2D eigenvalue weighted by Crippen LogP contribution is 2.20. The van der Waals surface area contributed by atoms with E-state index in [2.05, 4.69) is 34.3 Å². The van der Waals surface area contributed by atoms with E-state index in [4.69, 9.17) is 9.72 Å². The van der Waals surface area contributed by atoms with E-state index in [1.165, 1.54) is 5.56 Å². The van der Waals surface area contributed by atoms with Crippen LogP contribution >= 0.6 is 0 Å². The SMILES string of the molecule is COc1ccc(CCC(=O)N2CCN(c3nc(C)cc(Nc4ccc(C)cc4)n3)CC2)cc1. The van der Waals surface area contributed by atoms with Gasteiger partial charge in [-0.05, 0) is 50.1 Å². The highest BCUT2D eigenvalue weighted by Gasteiger charge is 2.23. The number of benzene rings is 2.